The van der Waals surface area contributed by atoms with Gasteiger partial charge >= 0.3 is 0 Å². The summed E-state index contributed by atoms with van der Waals surface area (Å²) < 4.78 is 53.5. The van der Waals surface area contributed by atoms with Crippen molar-refractivity contribution in [2.75, 3.05) is 5.32 Å². The molecule has 1 amide bonds. The molecule has 0 unspecified atom stereocenters. The third-order valence-corrected chi connectivity index (χ3v) is 5.65. The fourth-order valence-corrected chi connectivity index (χ4v) is 4.31. The highest BCUT2D eigenvalue weighted by Crippen LogP contribution is 2.24. The van der Waals surface area contributed by atoms with E-state index in [1.165, 1.54) is 30.3 Å². The molecule has 1 heterocycles. The number of halogens is 2. The van der Waals surface area contributed by atoms with Crippen LogP contribution in [0.2, 0.25) is 0 Å². The van der Waals surface area contributed by atoms with Crippen molar-refractivity contribution < 1.29 is 22.0 Å². The largest absolute Gasteiger partial charge is 0.337 e. The second kappa shape index (κ2) is 7.53. The molecule has 0 atom stereocenters. The van der Waals surface area contributed by atoms with Crippen molar-refractivity contribution in [3.63, 3.8) is 0 Å². The van der Waals surface area contributed by atoms with Crippen LogP contribution < -0.4 is 10.0 Å². The van der Waals surface area contributed by atoms with E-state index in [9.17, 15) is 22.0 Å². The van der Waals surface area contributed by atoms with E-state index in [0.717, 1.165) is 0 Å². The van der Waals surface area contributed by atoms with Crippen molar-refractivity contribution in [1.82, 2.24) is 14.7 Å². The van der Waals surface area contributed by atoms with Gasteiger partial charge in [-0.25, -0.2) is 26.9 Å². The van der Waals surface area contributed by atoms with Crippen LogP contribution in [0.5, 0.6) is 0 Å². The number of rotatable bonds is 5. The number of carbonyl (C=O) groups is 1. The Bertz CT molecular complexity index is 1170. The Hall–Kier alpha value is -2.85. The SMILES string of the molecule is CC(C)(C)NS(=O)(=O)c1ccccc1NC(=O)c1ccc2nc(C(F)F)[nH]c2c1. The molecular weight excluding hydrogens is 402 g/mol. The molecule has 0 aliphatic heterocycles. The van der Waals surface area contributed by atoms with E-state index in [1.807, 2.05) is 0 Å². The summed E-state index contributed by atoms with van der Waals surface area (Å²) in [4.78, 5) is 18.8. The zero-order valence-corrected chi connectivity index (χ0v) is 16.8. The maximum Gasteiger partial charge on any atom is 0.295 e. The second-order valence-electron chi connectivity index (χ2n) is 7.46. The molecule has 0 radical (unpaired) electrons. The number of H-pyrrole nitrogens is 1. The Kier molecular flexibility index (Phi) is 5.42. The number of anilines is 1. The molecule has 3 rings (SSSR count). The summed E-state index contributed by atoms with van der Waals surface area (Å²) in [5.41, 5.74) is 0.145. The molecule has 154 valence electrons. The number of alkyl halides is 2. The van der Waals surface area contributed by atoms with Gasteiger partial charge in [-0.3, -0.25) is 4.79 Å². The van der Waals surface area contributed by atoms with Crippen molar-refractivity contribution in [3.05, 3.63) is 53.9 Å². The van der Waals surface area contributed by atoms with Gasteiger partial charge in [0.2, 0.25) is 10.0 Å². The molecule has 3 aromatic rings. The van der Waals surface area contributed by atoms with Crippen LogP contribution >= 0.6 is 0 Å². The van der Waals surface area contributed by atoms with Gasteiger partial charge in [-0.05, 0) is 51.1 Å². The van der Waals surface area contributed by atoms with Gasteiger partial charge in [0.15, 0.2) is 5.82 Å². The minimum atomic E-state index is -3.88. The predicted octanol–water partition coefficient (Wildman–Crippen LogP) is 3.83. The van der Waals surface area contributed by atoms with Crippen molar-refractivity contribution in [2.45, 2.75) is 37.6 Å². The normalized spacial score (nSPS) is 12.5. The highest BCUT2D eigenvalue weighted by atomic mass is 32.2. The summed E-state index contributed by atoms with van der Waals surface area (Å²) >= 11 is 0. The molecule has 10 heteroatoms. The number of aromatic nitrogens is 2. The van der Waals surface area contributed by atoms with Crippen LogP contribution in [0.1, 0.15) is 43.4 Å². The molecule has 0 bridgehead atoms. The van der Waals surface area contributed by atoms with E-state index < -0.39 is 33.7 Å². The lowest BCUT2D eigenvalue weighted by Crippen LogP contribution is -2.40. The highest BCUT2D eigenvalue weighted by Gasteiger charge is 2.25. The summed E-state index contributed by atoms with van der Waals surface area (Å²) in [5, 5.41) is 2.57. The number of sulfonamides is 1. The predicted molar refractivity (Wildman–Crippen MR) is 106 cm³/mol. The molecular formula is C19H20F2N4O3S. The smallest absolute Gasteiger partial charge is 0.295 e. The number of fused-ring (bicyclic) bond motifs is 1. The Morgan fingerprint density at radius 2 is 1.83 bits per heavy atom. The molecule has 29 heavy (non-hydrogen) atoms. The molecule has 0 aliphatic rings. The van der Waals surface area contributed by atoms with Gasteiger partial charge in [0.05, 0.1) is 16.7 Å². The van der Waals surface area contributed by atoms with Gasteiger partial charge in [-0.15, -0.1) is 0 Å². The van der Waals surface area contributed by atoms with Gasteiger partial charge in [0.25, 0.3) is 12.3 Å². The average molecular weight is 422 g/mol. The molecule has 0 fully saturated rings. The fraction of sp³-hybridized carbons (Fsp3) is 0.263. The van der Waals surface area contributed by atoms with Crippen LogP contribution in [-0.2, 0) is 10.0 Å². The lowest BCUT2D eigenvalue weighted by Gasteiger charge is -2.21. The molecule has 1 aromatic heterocycles. The summed E-state index contributed by atoms with van der Waals surface area (Å²) in [6.07, 6.45) is -2.76. The Balaban J connectivity index is 1.91. The topological polar surface area (TPSA) is 104 Å². The lowest BCUT2D eigenvalue weighted by molar-refractivity contribution is 0.102. The third-order valence-electron chi connectivity index (χ3n) is 3.83. The summed E-state index contributed by atoms with van der Waals surface area (Å²) in [7, 11) is -3.88. The van der Waals surface area contributed by atoms with Gasteiger partial charge in [0, 0.05) is 11.1 Å². The monoisotopic (exact) mass is 422 g/mol. The van der Waals surface area contributed by atoms with E-state index in [2.05, 4.69) is 20.0 Å². The number of imidazole rings is 1. The van der Waals surface area contributed by atoms with Crippen LogP contribution in [0, 0.1) is 0 Å². The summed E-state index contributed by atoms with van der Waals surface area (Å²) in [6.45, 7) is 5.12. The average Bonchev–Trinajstić information content (AvgIpc) is 3.03. The van der Waals surface area contributed by atoms with Crippen molar-refractivity contribution >= 4 is 32.7 Å². The van der Waals surface area contributed by atoms with Gasteiger partial charge in [-0.2, -0.15) is 0 Å². The maximum atomic E-state index is 12.8. The van der Waals surface area contributed by atoms with Crippen molar-refractivity contribution in [2.24, 2.45) is 0 Å². The zero-order chi connectivity index (χ0) is 21.4. The van der Waals surface area contributed by atoms with Crippen LogP contribution in [-0.4, -0.2) is 29.8 Å². The summed E-state index contributed by atoms with van der Waals surface area (Å²) in [6, 6.07) is 10.3. The minimum Gasteiger partial charge on any atom is -0.337 e. The Labute approximate surface area is 166 Å². The van der Waals surface area contributed by atoms with Gasteiger partial charge in [0.1, 0.15) is 4.90 Å². The third kappa shape index (κ3) is 4.77. The standard InChI is InChI=1S/C19H20F2N4O3S/c1-19(2,3)25-29(27,28)15-7-5-4-6-13(15)24-18(26)11-8-9-12-14(10-11)23-17(22-12)16(20)21/h4-10,16,25H,1-3H3,(H,22,23)(H,24,26). The van der Waals surface area contributed by atoms with Crippen molar-refractivity contribution in [3.8, 4) is 0 Å². The first-order valence-electron chi connectivity index (χ1n) is 8.68. The lowest BCUT2D eigenvalue weighted by atomic mass is 10.1. The number of amides is 1. The van der Waals surface area contributed by atoms with Gasteiger partial charge < -0.3 is 10.3 Å². The molecule has 3 N–H and O–H groups in total. The second-order valence-corrected chi connectivity index (χ2v) is 9.11. The fourth-order valence-electron chi connectivity index (χ4n) is 2.73. The number of nitrogens with one attached hydrogen (secondary N) is 3. The van der Waals surface area contributed by atoms with Crippen LogP contribution in [0.4, 0.5) is 14.5 Å². The summed E-state index contributed by atoms with van der Waals surface area (Å²) in [5.74, 6) is -1.07. The molecule has 0 saturated carbocycles. The Morgan fingerprint density at radius 3 is 2.48 bits per heavy atom. The van der Waals surface area contributed by atoms with E-state index >= 15 is 0 Å². The van der Waals surface area contributed by atoms with E-state index in [-0.39, 0.29) is 21.7 Å². The number of carbonyl (C=O) groups excluding carboxylic acids is 1. The van der Waals surface area contributed by atoms with Gasteiger partial charge in [-0.1, -0.05) is 12.1 Å². The quantitative estimate of drug-likeness (QED) is 0.581. The zero-order valence-electron chi connectivity index (χ0n) is 16.0. The number of nitrogens with zero attached hydrogens (tertiary/aromatic N) is 1. The van der Waals surface area contributed by atoms with Crippen LogP contribution in [0.3, 0.4) is 0 Å². The maximum absolute atomic E-state index is 12.8. The number of aromatic amines is 1. The number of hydrogen-bond acceptors (Lipinski definition) is 4. The van der Waals surface area contributed by atoms with Crippen molar-refractivity contribution in [1.29, 1.82) is 0 Å². The molecule has 0 aliphatic carbocycles. The van der Waals surface area contributed by atoms with E-state index in [4.69, 9.17) is 0 Å². The Morgan fingerprint density at radius 1 is 1.14 bits per heavy atom. The number of para-hydroxylation sites is 1. The first kappa shape index (κ1) is 20.9. The van der Waals surface area contributed by atoms with E-state index in [1.54, 1.807) is 32.9 Å². The molecule has 0 spiro atoms. The molecule has 0 saturated heterocycles. The number of hydrogen-bond donors (Lipinski definition) is 3. The molecule has 2 aromatic carbocycles. The molecule has 7 nitrogen and oxygen atoms in total. The highest BCUT2D eigenvalue weighted by molar-refractivity contribution is 7.89. The minimum absolute atomic E-state index is 0.0779. The van der Waals surface area contributed by atoms with Crippen LogP contribution in [0.25, 0.3) is 11.0 Å². The van der Waals surface area contributed by atoms with Crippen LogP contribution in [0.15, 0.2) is 47.4 Å². The first-order valence-corrected chi connectivity index (χ1v) is 10.2. The first-order chi connectivity index (χ1) is 13.5. The number of benzene rings is 2. The van der Waals surface area contributed by atoms with E-state index in [0.29, 0.717) is 5.52 Å².